The Bertz CT molecular complexity index is 241. The number of carboxylic acid groups (broad SMARTS) is 3. The van der Waals surface area contributed by atoms with E-state index in [4.69, 9.17) is 10.2 Å². The zero-order valence-corrected chi connectivity index (χ0v) is 14.2. The van der Waals surface area contributed by atoms with Crippen LogP contribution in [0, 0.1) is 0 Å². The van der Waals surface area contributed by atoms with Gasteiger partial charge in [0.25, 0.3) is 0 Å². The average Bonchev–Trinajstić information content (AvgIpc) is 1.97. The molecule has 0 heterocycles. The fourth-order valence-electron chi connectivity index (χ4n) is 0.474. The largest absolute Gasteiger partial charge is 1.00 e. The Morgan fingerprint density at radius 2 is 1.47 bits per heavy atom. The summed E-state index contributed by atoms with van der Waals surface area (Å²) in [4.78, 5) is 29.7. The minimum Gasteiger partial charge on any atom is -0.547 e. The molecule has 0 radical (unpaired) electrons. The van der Waals surface area contributed by atoms with E-state index in [1.165, 1.54) is 0 Å². The van der Waals surface area contributed by atoms with Crippen LogP contribution in [0.4, 0.5) is 4.79 Å². The molecule has 0 aromatic carbocycles. The van der Waals surface area contributed by atoms with Crippen molar-refractivity contribution in [1.29, 1.82) is 0 Å². The third-order valence-corrected chi connectivity index (χ3v) is 0.988. The molecule has 0 aliphatic heterocycles. The van der Waals surface area contributed by atoms with Crippen molar-refractivity contribution in [3.05, 3.63) is 0 Å². The molecule has 2 atom stereocenters. The van der Waals surface area contributed by atoms with Crippen molar-refractivity contribution < 1.29 is 142 Å². The molecule has 15 heavy (non-hydrogen) atoms. The van der Waals surface area contributed by atoms with Crippen LogP contribution in [0.3, 0.4) is 0 Å². The van der Waals surface area contributed by atoms with Crippen LogP contribution in [-0.4, -0.2) is 40.5 Å². The summed E-state index contributed by atoms with van der Waals surface area (Å²) >= 11 is 0. The summed E-state index contributed by atoms with van der Waals surface area (Å²) in [5.41, 5.74) is 0. The van der Waals surface area contributed by atoms with Gasteiger partial charge >= 0.3 is 109 Å². The Labute approximate surface area is 169 Å². The second-order valence-corrected chi connectivity index (χ2v) is 1.89. The van der Waals surface area contributed by atoms with Gasteiger partial charge in [0, 0.05) is 0 Å². The Hall–Kier alpha value is 1.44. The van der Waals surface area contributed by atoms with E-state index in [0.29, 0.717) is 0 Å². The standard InChI is InChI=1S/C5H6O8.2K/c6-1(3(7)8)2(4(9)10)13-5(11)12;;/h1-2,6H,(H,7,8)(H,9,10)(H,11,12);;/q;2*+1/p-2. The Kier molecular flexibility index (Phi) is 15.3. The minimum absolute atomic E-state index is 0. The third-order valence-electron chi connectivity index (χ3n) is 0.988. The van der Waals surface area contributed by atoms with Crippen molar-refractivity contribution in [2.24, 2.45) is 0 Å². The molecule has 10 heteroatoms. The van der Waals surface area contributed by atoms with Gasteiger partial charge in [-0.3, -0.25) is 0 Å². The third kappa shape index (κ3) is 9.17. The van der Waals surface area contributed by atoms with Crippen molar-refractivity contribution in [1.82, 2.24) is 0 Å². The van der Waals surface area contributed by atoms with Crippen molar-refractivity contribution in [2.75, 3.05) is 0 Å². The summed E-state index contributed by atoms with van der Waals surface area (Å²) in [5, 5.41) is 36.4. The number of rotatable bonds is 4. The van der Waals surface area contributed by atoms with Crippen LogP contribution in [0.5, 0.6) is 0 Å². The first-order valence-corrected chi connectivity index (χ1v) is 2.85. The average molecular weight is 270 g/mol. The maximum absolute atomic E-state index is 10.0. The van der Waals surface area contributed by atoms with Gasteiger partial charge < -0.3 is 34.8 Å². The molecule has 0 rings (SSSR count). The molecule has 74 valence electrons. The van der Waals surface area contributed by atoms with E-state index >= 15 is 0 Å². The van der Waals surface area contributed by atoms with Gasteiger partial charge in [0.2, 0.25) is 0 Å². The van der Waals surface area contributed by atoms with E-state index in [9.17, 15) is 24.6 Å². The van der Waals surface area contributed by atoms with E-state index in [0.717, 1.165) is 0 Å². The van der Waals surface area contributed by atoms with Crippen LogP contribution in [0.2, 0.25) is 0 Å². The summed E-state index contributed by atoms with van der Waals surface area (Å²) in [6.07, 6.45) is -7.14. The second-order valence-electron chi connectivity index (χ2n) is 1.89. The predicted octanol–water partition coefficient (Wildman–Crippen LogP) is -10.1. The first-order valence-electron chi connectivity index (χ1n) is 2.85. The van der Waals surface area contributed by atoms with E-state index in [1.807, 2.05) is 0 Å². The van der Waals surface area contributed by atoms with Gasteiger partial charge in [-0.2, -0.15) is 0 Å². The molecular formula is C5H4K2O8. The second kappa shape index (κ2) is 10.6. The molecule has 0 saturated carbocycles. The summed E-state index contributed by atoms with van der Waals surface area (Å²) in [6, 6.07) is 0. The van der Waals surface area contributed by atoms with E-state index < -0.39 is 30.3 Å². The maximum Gasteiger partial charge on any atom is 1.00 e. The van der Waals surface area contributed by atoms with Crippen LogP contribution >= 0.6 is 0 Å². The van der Waals surface area contributed by atoms with Gasteiger partial charge in [0.1, 0.15) is 6.10 Å². The van der Waals surface area contributed by atoms with Gasteiger partial charge in [-0.25, -0.2) is 4.79 Å². The molecule has 2 N–H and O–H groups in total. The topological polar surface area (TPSA) is 147 Å². The Morgan fingerprint density at radius 3 is 1.67 bits per heavy atom. The normalized spacial score (nSPS) is 12.3. The number of carbonyl (C=O) groups excluding carboxylic acids is 2. The number of carboxylic acids is 2. The van der Waals surface area contributed by atoms with Gasteiger partial charge in [0.15, 0.2) is 6.10 Å². The number of carbonyl (C=O) groups is 3. The monoisotopic (exact) mass is 270 g/mol. The van der Waals surface area contributed by atoms with E-state index in [-0.39, 0.29) is 103 Å². The fraction of sp³-hybridized carbons (Fsp3) is 0.400. The van der Waals surface area contributed by atoms with Crippen LogP contribution in [0.25, 0.3) is 0 Å². The molecule has 0 bridgehead atoms. The van der Waals surface area contributed by atoms with Crippen LogP contribution in [-0.2, 0) is 14.3 Å². The number of aliphatic carboxylic acids is 2. The molecule has 8 nitrogen and oxygen atoms in total. The predicted molar refractivity (Wildman–Crippen MR) is 28.9 cm³/mol. The molecule has 2 unspecified atom stereocenters. The molecule has 0 amide bonds. The number of hydrogen-bond acceptors (Lipinski definition) is 7. The molecule has 0 aliphatic rings. The zero-order valence-electron chi connectivity index (χ0n) is 8.00. The van der Waals surface area contributed by atoms with Gasteiger partial charge in [-0.1, -0.05) is 0 Å². The minimum atomic E-state index is -2.60. The van der Waals surface area contributed by atoms with Crippen molar-refractivity contribution >= 4 is 18.1 Å². The quantitative estimate of drug-likeness (QED) is 0.378. The molecule has 0 fully saturated rings. The Balaban J connectivity index is -0.000000720. The summed E-state index contributed by atoms with van der Waals surface area (Å²) in [6.45, 7) is 0. The van der Waals surface area contributed by atoms with Crippen LogP contribution < -0.4 is 113 Å². The van der Waals surface area contributed by atoms with Crippen molar-refractivity contribution in [3.8, 4) is 0 Å². The van der Waals surface area contributed by atoms with Crippen LogP contribution in [0.1, 0.15) is 0 Å². The maximum atomic E-state index is 10.0. The molecule has 0 saturated heterocycles. The molecule has 0 spiro atoms. The van der Waals surface area contributed by atoms with E-state index in [1.54, 1.807) is 0 Å². The van der Waals surface area contributed by atoms with Crippen molar-refractivity contribution in [3.63, 3.8) is 0 Å². The molecule has 0 aliphatic carbocycles. The molecule has 0 aromatic heterocycles. The molecule has 0 aromatic rings. The first kappa shape index (κ1) is 21.7. The van der Waals surface area contributed by atoms with Crippen LogP contribution in [0.15, 0.2) is 0 Å². The fourth-order valence-corrected chi connectivity index (χ4v) is 0.474. The number of ether oxygens (including phenoxy) is 1. The Morgan fingerprint density at radius 1 is 1.07 bits per heavy atom. The summed E-state index contributed by atoms with van der Waals surface area (Å²) in [5.74, 6) is -4.34. The van der Waals surface area contributed by atoms with Gasteiger partial charge in [-0.15, -0.1) is 0 Å². The van der Waals surface area contributed by atoms with Gasteiger partial charge in [0.05, 0.1) is 11.9 Å². The SMILES string of the molecule is O=C(O)OC(C(=O)[O-])C(O)C(=O)[O-].[K+].[K+]. The van der Waals surface area contributed by atoms with Crippen molar-refractivity contribution in [2.45, 2.75) is 12.2 Å². The summed E-state index contributed by atoms with van der Waals surface area (Å²) < 4.78 is 3.52. The zero-order chi connectivity index (χ0) is 10.6. The van der Waals surface area contributed by atoms with Gasteiger partial charge in [-0.05, 0) is 0 Å². The van der Waals surface area contributed by atoms with E-state index in [2.05, 4.69) is 4.74 Å². The first-order chi connectivity index (χ1) is 5.86. The summed E-state index contributed by atoms with van der Waals surface area (Å²) in [7, 11) is 0. The number of aliphatic hydroxyl groups excluding tert-OH is 1. The smallest absolute Gasteiger partial charge is 0.547 e. The molecular weight excluding hydrogens is 266 g/mol. The number of aliphatic hydroxyl groups is 1. The number of hydrogen-bond donors (Lipinski definition) is 2.